The molecular formula is C32H28F12N10O2. The molecule has 6 rings (SSSR count). The molecule has 2 aliphatic rings. The first kappa shape index (κ1) is 40.4. The lowest BCUT2D eigenvalue weighted by atomic mass is 9.71. The van der Waals surface area contributed by atoms with E-state index in [9.17, 15) is 53.5 Å². The molecule has 0 saturated heterocycles. The minimum atomic E-state index is -4.87. The van der Waals surface area contributed by atoms with Gasteiger partial charge in [-0.1, -0.05) is 0 Å². The summed E-state index contributed by atoms with van der Waals surface area (Å²) < 4.78 is 171. The first-order valence-electron chi connectivity index (χ1n) is 16.5. The van der Waals surface area contributed by atoms with Gasteiger partial charge in [-0.15, -0.1) is 20.4 Å². The van der Waals surface area contributed by atoms with E-state index in [0.717, 1.165) is 18.9 Å². The molecule has 4 aromatic rings. The second kappa shape index (κ2) is 15.0. The van der Waals surface area contributed by atoms with Crippen LogP contribution in [0.3, 0.4) is 0 Å². The number of hydrogen-bond acceptors (Lipinski definition) is 8. The Morgan fingerprint density at radius 2 is 0.893 bits per heavy atom. The zero-order chi connectivity index (χ0) is 41.0. The summed E-state index contributed by atoms with van der Waals surface area (Å²) in [5.74, 6) is -18.6. The number of halogens is 12. The Labute approximate surface area is 307 Å². The molecule has 0 bridgehead atoms. The van der Waals surface area contributed by atoms with Crippen LogP contribution < -0.4 is 11.5 Å². The number of carbonyl (C=O) groups excluding carboxylic acids is 2. The number of amides is 2. The molecule has 302 valence electrons. The van der Waals surface area contributed by atoms with Crippen LogP contribution in [0.25, 0.3) is 0 Å². The maximum absolute atomic E-state index is 15.7. The van der Waals surface area contributed by atoms with Gasteiger partial charge in [-0.05, 0) is 23.3 Å². The number of aromatic nitrogens is 6. The minimum absolute atomic E-state index is 0.0936. The van der Waals surface area contributed by atoms with E-state index in [1.165, 1.54) is 0 Å². The molecule has 0 fully saturated rings. The van der Waals surface area contributed by atoms with Crippen LogP contribution in [0.4, 0.5) is 52.7 Å². The van der Waals surface area contributed by atoms with Crippen molar-refractivity contribution in [2.75, 3.05) is 13.1 Å². The number of alkyl halides is 6. The Kier molecular flexibility index (Phi) is 10.8. The first-order chi connectivity index (χ1) is 26.1. The number of nitrogens with two attached hydrogens (primary N) is 2. The molecule has 2 aromatic heterocycles. The maximum atomic E-state index is 15.7. The molecule has 12 nitrogen and oxygen atoms in total. The molecule has 0 aliphatic carbocycles. The maximum Gasteiger partial charge on any atom is 0.451 e. The van der Waals surface area contributed by atoms with Gasteiger partial charge in [0.2, 0.25) is 23.5 Å². The normalized spacial score (nSPS) is 17.0. The fraction of sp³-hybridized carbons (Fsp3) is 0.438. The van der Waals surface area contributed by atoms with Crippen LogP contribution in [0.2, 0.25) is 0 Å². The summed E-state index contributed by atoms with van der Waals surface area (Å²) in [5, 5.41) is 13.2. The third-order valence-electron chi connectivity index (χ3n) is 9.65. The van der Waals surface area contributed by atoms with E-state index in [1.807, 2.05) is 0 Å². The standard InChI is InChI=1S/C32H28F12N10O2/c33-15-7-19(37)17(35)5-13(15)27(21(45)9-25(55)51-1-3-53-23(11-51)47-49-29(53)31(39,40)41)28(14-6-18(36)20(38)8-16(14)34)22(46)10-26(56)52-2-4-54-24(12-52)48-50-30(54)32(42,43)44/h5-8,21-22,27-28H,1-4,9-12,45-46H2. The molecule has 0 radical (unpaired) electrons. The highest BCUT2D eigenvalue weighted by atomic mass is 19.4. The molecule has 24 heteroatoms. The zero-order valence-corrected chi connectivity index (χ0v) is 28.4. The Hall–Kier alpha value is -5.26. The van der Waals surface area contributed by atoms with Gasteiger partial charge in [-0.3, -0.25) is 9.59 Å². The lowest BCUT2D eigenvalue weighted by Gasteiger charge is -2.38. The Morgan fingerprint density at radius 1 is 0.554 bits per heavy atom. The molecule has 56 heavy (non-hydrogen) atoms. The summed E-state index contributed by atoms with van der Waals surface area (Å²) in [4.78, 5) is 29.2. The third kappa shape index (κ3) is 7.88. The van der Waals surface area contributed by atoms with Gasteiger partial charge in [0.1, 0.15) is 11.6 Å². The Bertz CT molecular complexity index is 2000. The van der Waals surface area contributed by atoms with Gasteiger partial charge in [-0.25, -0.2) is 26.3 Å². The predicted octanol–water partition coefficient (Wildman–Crippen LogP) is 4.13. The van der Waals surface area contributed by atoms with Crippen molar-refractivity contribution in [3.8, 4) is 0 Å². The Morgan fingerprint density at radius 3 is 1.23 bits per heavy atom. The van der Waals surface area contributed by atoms with E-state index in [4.69, 9.17) is 11.5 Å². The van der Waals surface area contributed by atoms with Crippen LogP contribution in [-0.2, 0) is 48.1 Å². The van der Waals surface area contributed by atoms with Gasteiger partial charge in [0.15, 0.2) is 34.9 Å². The summed E-state index contributed by atoms with van der Waals surface area (Å²) in [6.45, 7) is -2.54. The largest absolute Gasteiger partial charge is 0.451 e. The number of hydrogen-bond donors (Lipinski definition) is 2. The molecular weight excluding hydrogens is 784 g/mol. The molecule has 2 aliphatic heterocycles. The number of benzene rings is 2. The number of rotatable bonds is 9. The molecule has 2 amide bonds. The highest BCUT2D eigenvalue weighted by molar-refractivity contribution is 5.78. The molecule has 0 saturated carbocycles. The van der Waals surface area contributed by atoms with Crippen LogP contribution in [0.5, 0.6) is 0 Å². The van der Waals surface area contributed by atoms with Gasteiger partial charge in [0, 0.05) is 75.1 Å². The lowest BCUT2D eigenvalue weighted by Crippen LogP contribution is -2.47. The smallest absolute Gasteiger partial charge is 0.333 e. The fourth-order valence-electron chi connectivity index (χ4n) is 7.04. The van der Waals surface area contributed by atoms with Crippen molar-refractivity contribution in [3.63, 3.8) is 0 Å². The van der Waals surface area contributed by atoms with Gasteiger partial charge in [0.25, 0.3) is 0 Å². The number of carbonyl (C=O) groups is 2. The molecule has 4 atom stereocenters. The number of fused-ring (bicyclic) bond motifs is 2. The van der Waals surface area contributed by atoms with E-state index in [0.29, 0.717) is 12.1 Å². The molecule has 0 spiro atoms. The fourth-order valence-corrected chi connectivity index (χ4v) is 7.04. The highest BCUT2D eigenvalue weighted by Crippen LogP contribution is 2.43. The van der Waals surface area contributed by atoms with Crippen molar-refractivity contribution in [3.05, 3.63) is 93.6 Å². The summed E-state index contributed by atoms with van der Waals surface area (Å²) in [7, 11) is 0. The SMILES string of the molecule is NC(CC(=O)N1CCn2c(nnc2C(F)(F)F)C1)C(c1cc(F)c(F)cc1F)C(c1cc(F)c(F)cc1F)C(N)CC(=O)N1CCn2c(nnc2C(F)(F)F)C1. The van der Waals surface area contributed by atoms with E-state index in [1.54, 1.807) is 0 Å². The monoisotopic (exact) mass is 812 g/mol. The van der Waals surface area contributed by atoms with Crippen molar-refractivity contribution >= 4 is 11.8 Å². The van der Waals surface area contributed by atoms with Gasteiger partial charge < -0.3 is 30.4 Å². The van der Waals surface area contributed by atoms with Crippen LogP contribution in [-0.4, -0.2) is 76.3 Å². The summed E-state index contributed by atoms with van der Waals surface area (Å²) in [5.41, 5.74) is 11.3. The van der Waals surface area contributed by atoms with Crippen LogP contribution in [0.1, 0.15) is 59.1 Å². The van der Waals surface area contributed by atoms with E-state index < -0.39 is 145 Å². The van der Waals surface area contributed by atoms with Crippen molar-refractivity contribution in [1.82, 2.24) is 39.3 Å². The van der Waals surface area contributed by atoms with Gasteiger partial charge in [0.05, 0.1) is 13.1 Å². The van der Waals surface area contributed by atoms with Gasteiger partial charge >= 0.3 is 12.4 Å². The van der Waals surface area contributed by atoms with Gasteiger partial charge in [-0.2, -0.15) is 26.3 Å². The lowest BCUT2D eigenvalue weighted by molar-refractivity contribution is -0.149. The number of nitrogens with zero attached hydrogens (tertiary/aromatic N) is 8. The average molecular weight is 813 g/mol. The zero-order valence-electron chi connectivity index (χ0n) is 28.4. The summed E-state index contributed by atoms with van der Waals surface area (Å²) >= 11 is 0. The first-order valence-corrected chi connectivity index (χ1v) is 16.5. The van der Waals surface area contributed by atoms with Crippen molar-refractivity contribution in [1.29, 1.82) is 0 Å². The average Bonchev–Trinajstić information content (AvgIpc) is 3.75. The Balaban J connectivity index is 1.35. The topological polar surface area (TPSA) is 154 Å². The van der Waals surface area contributed by atoms with Crippen LogP contribution >= 0.6 is 0 Å². The predicted molar refractivity (Wildman–Crippen MR) is 164 cm³/mol. The molecule has 2 aromatic carbocycles. The van der Waals surface area contributed by atoms with Crippen LogP contribution in [0, 0.1) is 34.9 Å². The van der Waals surface area contributed by atoms with Crippen molar-refractivity contribution in [2.45, 2.75) is 75.3 Å². The van der Waals surface area contributed by atoms with Crippen molar-refractivity contribution in [2.24, 2.45) is 11.5 Å². The molecule has 4 unspecified atom stereocenters. The summed E-state index contributed by atoms with van der Waals surface area (Å²) in [6.07, 6.45) is -11.5. The van der Waals surface area contributed by atoms with E-state index >= 15 is 8.78 Å². The van der Waals surface area contributed by atoms with E-state index in [-0.39, 0.29) is 36.9 Å². The minimum Gasteiger partial charge on any atom is -0.333 e. The second-order valence-electron chi connectivity index (χ2n) is 13.2. The second-order valence-corrected chi connectivity index (χ2v) is 13.2. The molecule has 4 heterocycles. The highest BCUT2D eigenvalue weighted by Gasteiger charge is 2.44. The molecule has 4 N–H and O–H groups in total. The van der Waals surface area contributed by atoms with E-state index in [2.05, 4.69) is 20.4 Å². The van der Waals surface area contributed by atoms with Crippen molar-refractivity contribution < 1.29 is 62.3 Å². The quantitative estimate of drug-likeness (QED) is 0.189. The summed E-state index contributed by atoms with van der Waals surface area (Å²) in [6, 6.07) is -2.76. The van der Waals surface area contributed by atoms with Crippen LogP contribution in [0.15, 0.2) is 24.3 Å². The third-order valence-corrected chi connectivity index (χ3v) is 9.65.